The highest BCUT2D eigenvalue weighted by molar-refractivity contribution is 6.33. The normalized spacial score (nSPS) is 11.2. The largest absolute Gasteiger partial charge is 0.456 e. The third-order valence-electron chi connectivity index (χ3n) is 3.60. The summed E-state index contributed by atoms with van der Waals surface area (Å²) in [4.78, 5) is 0. The van der Waals surface area contributed by atoms with E-state index in [1.165, 1.54) is 11.1 Å². The zero-order valence-electron chi connectivity index (χ0n) is 10.8. The van der Waals surface area contributed by atoms with E-state index in [0.717, 1.165) is 27.4 Å². The molecule has 0 aliphatic carbocycles. The maximum Gasteiger partial charge on any atom is 0.135 e. The molecule has 0 aliphatic rings. The van der Waals surface area contributed by atoms with Crippen molar-refractivity contribution in [1.29, 1.82) is 0 Å². The summed E-state index contributed by atoms with van der Waals surface area (Å²) >= 11 is 0. The van der Waals surface area contributed by atoms with Crippen molar-refractivity contribution in [2.75, 3.05) is 0 Å². The average Bonchev–Trinajstić information content (AvgIpc) is 2.84. The number of hydrogen-bond acceptors (Lipinski definition) is 1. The van der Waals surface area contributed by atoms with Gasteiger partial charge in [0.1, 0.15) is 19.0 Å². The Morgan fingerprint density at radius 2 is 1.50 bits per heavy atom. The van der Waals surface area contributed by atoms with Crippen LogP contribution in [-0.2, 0) is 0 Å². The molecular formula is C18H11BO. The molecule has 0 aliphatic heterocycles. The van der Waals surface area contributed by atoms with Gasteiger partial charge in [-0.25, -0.2) is 0 Å². The fraction of sp³-hybridized carbons (Fsp3) is 0. The first kappa shape index (κ1) is 11.4. The van der Waals surface area contributed by atoms with Crippen molar-refractivity contribution in [2.24, 2.45) is 0 Å². The monoisotopic (exact) mass is 254 g/mol. The fourth-order valence-corrected chi connectivity index (χ4v) is 2.60. The van der Waals surface area contributed by atoms with Gasteiger partial charge in [0.05, 0.1) is 0 Å². The Labute approximate surface area is 118 Å². The molecule has 0 saturated heterocycles. The molecule has 1 heterocycles. The van der Waals surface area contributed by atoms with Gasteiger partial charge in [0.15, 0.2) is 0 Å². The van der Waals surface area contributed by atoms with E-state index in [9.17, 15) is 0 Å². The highest BCUT2D eigenvalue weighted by Gasteiger charge is 2.08. The topological polar surface area (TPSA) is 13.1 Å². The van der Waals surface area contributed by atoms with Crippen molar-refractivity contribution >= 4 is 35.2 Å². The van der Waals surface area contributed by atoms with Gasteiger partial charge in [0, 0.05) is 10.8 Å². The molecule has 0 spiro atoms. The lowest BCUT2D eigenvalue weighted by atomic mass is 9.95. The molecule has 0 N–H and O–H groups in total. The van der Waals surface area contributed by atoms with Crippen LogP contribution >= 0.6 is 0 Å². The average molecular weight is 254 g/mol. The maximum atomic E-state index is 5.84. The molecule has 2 heteroatoms. The van der Waals surface area contributed by atoms with Crippen molar-refractivity contribution in [1.82, 2.24) is 0 Å². The lowest BCUT2D eigenvalue weighted by Gasteiger charge is -2.01. The van der Waals surface area contributed by atoms with E-state index in [-0.39, 0.29) is 0 Å². The second-order valence-corrected chi connectivity index (χ2v) is 4.93. The van der Waals surface area contributed by atoms with Crippen LogP contribution in [-0.4, -0.2) is 7.85 Å². The molecule has 0 amide bonds. The molecule has 0 unspecified atom stereocenters. The molecule has 4 rings (SSSR count). The molecule has 4 aromatic rings. The van der Waals surface area contributed by atoms with Crippen LogP contribution in [0.25, 0.3) is 33.1 Å². The maximum absolute atomic E-state index is 5.84. The minimum absolute atomic E-state index is 0.722. The lowest BCUT2D eigenvalue weighted by molar-refractivity contribution is 0.669. The molecule has 20 heavy (non-hydrogen) atoms. The minimum Gasteiger partial charge on any atom is -0.456 e. The SMILES string of the molecule is [B]c1ccc2c(c1)oc1ccc(-c3ccccc3)cc12. The summed E-state index contributed by atoms with van der Waals surface area (Å²) in [5.41, 5.74) is 4.85. The number of benzene rings is 3. The van der Waals surface area contributed by atoms with E-state index in [4.69, 9.17) is 12.3 Å². The summed E-state index contributed by atoms with van der Waals surface area (Å²) in [6, 6.07) is 22.4. The van der Waals surface area contributed by atoms with Crippen LogP contribution in [0.1, 0.15) is 0 Å². The van der Waals surface area contributed by atoms with Crippen LogP contribution < -0.4 is 5.46 Å². The van der Waals surface area contributed by atoms with Crippen LogP contribution in [0.2, 0.25) is 0 Å². The van der Waals surface area contributed by atoms with E-state index in [2.05, 4.69) is 24.3 Å². The Kier molecular flexibility index (Phi) is 2.43. The van der Waals surface area contributed by atoms with Gasteiger partial charge in [-0.05, 0) is 29.3 Å². The summed E-state index contributed by atoms with van der Waals surface area (Å²) in [6.45, 7) is 0. The summed E-state index contributed by atoms with van der Waals surface area (Å²) < 4.78 is 5.84. The number of rotatable bonds is 1. The van der Waals surface area contributed by atoms with Crippen LogP contribution in [0.3, 0.4) is 0 Å². The molecular weight excluding hydrogens is 243 g/mol. The van der Waals surface area contributed by atoms with Crippen LogP contribution in [0.4, 0.5) is 0 Å². The smallest absolute Gasteiger partial charge is 0.135 e. The van der Waals surface area contributed by atoms with Crippen molar-refractivity contribution in [3.05, 3.63) is 66.7 Å². The molecule has 1 nitrogen and oxygen atoms in total. The van der Waals surface area contributed by atoms with Gasteiger partial charge in [-0.15, -0.1) is 0 Å². The third kappa shape index (κ3) is 1.73. The Morgan fingerprint density at radius 1 is 0.650 bits per heavy atom. The Bertz CT molecular complexity index is 907. The second kappa shape index (κ2) is 4.27. The predicted molar refractivity (Wildman–Crippen MR) is 84.5 cm³/mol. The van der Waals surface area contributed by atoms with Crippen molar-refractivity contribution in [3.8, 4) is 11.1 Å². The molecule has 0 atom stereocenters. The number of hydrogen-bond donors (Lipinski definition) is 0. The quantitative estimate of drug-likeness (QED) is 0.467. The first-order valence-corrected chi connectivity index (χ1v) is 6.58. The molecule has 3 aromatic carbocycles. The van der Waals surface area contributed by atoms with E-state index >= 15 is 0 Å². The van der Waals surface area contributed by atoms with Gasteiger partial charge < -0.3 is 4.42 Å². The van der Waals surface area contributed by atoms with Gasteiger partial charge in [-0.1, -0.05) is 54.0 Å². The minimum atomic E-state index is 0.722. The molecule has 0 saturated carbocycles. The number of furan rings is 1. The Balaban J connectivity index is 2.01. The first-order valence-electron chi connectivity index (χ1n) is 6.58. The molecule has 0 fully saturated rings. The van der Waals surface area contributed by atoms with Gasteiger partial charge in [-0.2, -0.15) is 0 Å². The molecule has 92 valence electrons. The third-order valence-corrected chi connectivity index (χ3v) is 3.60. The summed E-state index contributed by atoms with van der Waals surface area (Å²) in [5.74, 6) is 0. The van der Waals surface area contributed by atoms with E-state index < -0.39 is 0 Å². The molecule has 1 aromatic heterocycles. The van der Waals surface area contributed by atoms with Crippen LogP contribution in [0.15, 0.2) is 71.1 Å². The summed E-state index contributed by atoms with van der Waals surface area (Å²) in [7, 11) is 5.81. The molecule has 0 bridgehead atoms. The first-order chi connectivity index (χ1) is 9.81. The highest BCUT2D eigenvalue weighted by Crippen LogP contribution is 2.31. The van der Waals surface area contributed by atoms with Crippen LogP contribution in [0, 0.1) is 0 Å². The van der Waals surface area contributed by atoms with Crippen molar-refractivity contribution < 1.29 is 4.42 Å². The van der Waals surface area contributed by atoms with Crippen molar-refractivity contribution in [3.63, 3.8) is 0 Å². The second-order valence-electron chi connectivity index (χ2n) is 4.93. The van der Waals surface area contributed by atoms with Crippen molar-refractivity contribution in [2.45, 2.75) is 0 Å². The zero-order valence-corrected chi connectivity index (χ0v) is 10.8. The fourth-order valence-electron chi connectivity index (χ4n) is 2.60. The highest BCUT2D eigenvalue weighted by atomic mass is 16.3. The van der Waals surface area contributed by atoms with Gasteiger partial charge in [0.25, 0.3) is 0 Å². The lowest BCUT2D eigenvalue weighted by Crippen LogP contribution is -1.98. The van der Waals surface area contributed by atoms with Gasteiger partial charge in [0.2, 0.25) is 0 Å². The van der Waals surface area contributed by atoms with E-state index in [1.807, 2.05) is 42.5 Å². The zero-order chi connectivity index (χ0) is 13.5. The predicted octanol–water partition coefficient (Wildman–Crippen LogP) is 4.05. The summed E-state index contributed by atoms with van der Waals surface area (Å²) in [5, 5.41) is 2.23. The molecule has 2 radical (unpaired) electrons. The van der Waals surface area contributed by atoms with Crippen LogP contribution in [0.5, 0.6) is 0 Å². The van der Waals surface area contributed by atoms with E-state index in [0.29, 0.717) is 0 Å². The Hall–Kier alpha value is -2.48. The number of fused-ring (bicyclic) bond motifs is 3. The standard InChI is InChI=1S/C18H11BO/c19-14-7-8-15-16-10-13(12-4-2-1-3-5-12)6-9-17(16)20-18(15)11-14/h1-11H. The van der Waals surface area contributed by atoms with Gasteiger partial charge in [-0.3, -0.25) is 0 Å². The van der Waals surface area contributed by atoms with E-state index in [1.54, 1.807) is 0 Å². The summed E-state index contributed by atoms with van der Waals surface area (Å²) in [6.07, 6.45) is 0. The van der Waals surface area contributed by atoms with Gasteiger partial charge >= 0.3 is 0 Å². The Morgan fingerprint density at radius 3 is 2.35 bits per heavy atom.